The number of nitrogens with two attached hydrogens (primary N) is 1. The van der Waals surface area contributed by atoms with Crippen molar-refractivity contribution in [3.05, 3.63) is 101 Å². The number of nitrogen functional groups attached to an aromatic ring is 1. The largest absolute Gasteiger partial charge is 0.416 e. The van der Waals surface area contributed by atoms with Crippen LogP contribution in [0, 0.1) is 0 Å². The van der Waals surface area contributed by atoms with Crippen molar-refractivity contribution in [3.8, 4) is 11.1 Å². The number of carbonyl (C=O) groups excluding carboxylic acids is 2. The maximum absolute atomic E-state index is 13.4. The van der Waals surface area contributed by atoms with Gasteiger partial charge in [-0.3, -0.25) is 9.59 Å². The molecule has 4 aromatic rings. The standard InChI is InChI=1S/C28H22F3N5O2/c29-28(30,31)19-6-8-22(17-4-2-1-3-5-17)23(15-19)26(38)34-20-7-9-24-18(14-20)11-13-36(24)25(37)16-21-10-12-33-27(32)35-21/h1-10,12,14-15H,11,13,16H2,(H,34,38)(H2,32,33,35). The molecule has 0 radical (unpaired) electrons. The first-order valence-corrected chi connectivity index (χ1v) is 11.8. The summed E-state index contributed by atoms with van der Waals surface area (Å²) in [6.07, 6.45) is -2.48. The normalized spacial score (nSPS) is 12.8. The Hall–Kier alpha value is -4.73. The molecule has 1 aliphatic heterocycles. The maximum Gasteiger partial charge on any atom is 0.416 e. The number of amides is 2. The second-order valence-corrected chi connectivity index (χ2v) is 8.80. The summed E-state index contributed by atoms with van der Waals surface area (Å²) < 4.78 is 40.3. The van der Waals surface area contributed by atoms with Gasteiger partial charge in [0.25, 0.3) is 5.91 Å². The van der Waals surface area contributed by atoms with Crippen molar-refractivity contribution in [2.24, 2.45) is 0 Å². The van der Waals surface area contributed by atoms with Gasteiger partial charge in [0.1, 0.15) is 0 Å². The average Bonchev–Trinajstić information content (AvgIpc) is 3.32. The number of hydrogen-bond acceptors (Lipinski definition) is 5. The van der Waals surface area contributed by atoms with Gasteiger partial charge in [0.15, 0.2) is 0 Å². The molecule has 3 aromatic carbocycles. The predicted octanol–water partition coefficient (Wildman–Crippen LogP) is 5.13. The van der Waals surface area contributed by atoms with Gasteiger partial charge in [-0.05, 0) is 59.5 Å². The number of anilines is 3. The number of alkyl halides is 3. The Balaban J connectivity index is 1.38. The summed E-state index contributed by atoms with van der Waals surface area (Å²) in [5.41, 5.74) is 8.09. The molecule has 7 nitrogen and oxygen atoms in total. The summed E-state index contributed by atoms with van der Waals surface area (Å²) in [4.78, 5) is 35.6. The van der Waals surface area contributed by atoms with E-state index in [4.69, 9.17) is 5.73 Å². The number of aromatic nitrogens is 2. The summed E-state index contributed by atoms with van der Waals surface area (Å²) in [7, 11) is 0. The summed E-state index contributed by atoms with van der Waals surface area (Å²) in [6, 6.07) is 18.6. The molecule has 1 aromatic heterocycles. The molecule has 0 spiro atoms. The molecule has 1 aliphatic rings. The molecule has 10 heteroatoms. The number of hydrogen-bond donors (Lipinski definition) is 2. The van der Waals surface area contributed by atoms with Crippen LogP contribution < -0.4 is 16.0 Å². The van der Waals surface area contributed by atoms with E-state index < -0.39 is 17.6 Å². The topological polar surface area (TPSA) is 101 Å². The third kappa shape index (κ3) is 5.19. The molecule has 0 saturated carbocycles. The fourth-order valence-corrected chi connectivity index (χ4v) is 4.48. The zero-order chi connectivity index (χ0) is 26.9. The van der Waals surface area contributed by atoms with Crippen LogP contribution in [0.2, 0.25) is 0 Å². The number of benzene rings is 3. The Morgan fingerprint density at radius 1 is 1.00 bits per heavy atom. The molecule has 2 amide bonds. The quantitative estimate of drug-likeness (QED) is 0.382. The van der Waals surface area contributed by atoms with Crippen LogP contribution in [0.4, 0.5) is 30.5 Å². The molecule has 2 heterocycles. The van der Waals surface area contributed by atoms with Gasteiger partial charge in [0, 0.05) is 29.7 Å². The van der Waals surface area contributed by atoms with Crippen LogP contribution in [-0.4, -0.2) is 28.3 Å². The summed E-state index contributed by atoms with van der Waals surface area (Å²) in [5.74, 6) is -0.731. The van der Waals surface area contributed by atoms with Gasteiger partial charge in [0.2, 0.25) is 11.9 Å². The average molecular weight is 518 g/mol. The van der Waals surface area contributed by atoms with Crippen LogP contribution in [0.1, 0.15) is 27.2 Å². The van der Waals surface area contributed by atoms with Crippen molar-refractivity contribution in [3.63, 3.8) is 0 Å². The fraction of sp³-hybridized carbons (Fsp3) is 0.143. The van der Waals surface area contributed by atoms with Crippen LogP contribution in [-0.2, 0) is 23.8 Å². The van der Waals surface area contributed by atoms with Crippen molar-refractivity contribution in [1.82, 2.24) is 9.97 Å². The SMILES string of the molecule is Nc1nccc(CC(=O)N2CCc3cc(NC(=O)c4cc(C(F)(F)F)ccc4-c4ccccc4)ccc32)n1. The molecular formula is C28H22F3N5O2. The van der Waals surface area contributed by atoms with Crippen LogP contribution in [0.25, 0.3) is 11.1 Å². The second kappa shape index (κ2) is 9.97. The first kappa shape index (κ1) is 24.9. The Bertz CT molecular complexity index is 1520. The first-order valence-electron chi connectivity index (χ1n) is 11.8. The lowest BCUT2D eigenvalue weighted by atomic mass is 9.96. The highest BCUT2D eigenvalue weighted by atomic mass is 19.4. The Morgan fingerprint density at radius 3 is 2.53 bits per heavy atom. The lowest BCUT2D eigenvalue weighted by Gasteiger charge is -2.18. The Morgan fingerprint density at radius 2 is 1.79 bits per heavy atom. The van der Waals surface area contributed by atoms with Gasteiger partial charge in [-0.25, -0.2) is 9.97 Å². The third-order valence-corrected chi connectivity index (χ3v) is 6.27. The van der Waals surface area contributed by atoms with Gasteiger partial charge < -0.3 is 16.0 Å². The highest BCUT2D eigenvalue weighted by molar-refractivity contribution is 6.09. The number of nitrogens with one attached hydrogen (secondary N) is 1. The van der Waals surface area contributed by atoms with E-state index in [0.29, 0.717) is 41.2 Å². The zero-order valence-electron chi connectivity index (χ0n) is 20.0. The smallest absolute Gasteiger partial charge is 0.368 e. The van der Waals surface area contributed by atoms with Gasteiger partial charge >= 0.3 is 6.18 Å². The maximum atomic E-state index is 13.4. The number of carbonyl (C=O) groups is 2. The summed E-state index contributed by atoms with van der Waals surface area (Å²) in [6.45, 7) is 0.456. The highest BCUT2D eigenvalue weighted by Crippen LogP contribution is 2.35. The van der Waals surface area contributed by atoms with Crippen LogP contribution in [0.5, 0.6) is 0 Å². The van der Waals surface area contributed by atoms with E-state index in [2.05, 4.69) is 15.3 Å². The molecule has 3 N–H and O–H groups in total. The molecule has 0 atom stereocenters. The van der Waals surface area contributed by atoms with Gasteiger partial charge in [-0.2, -0.15) is 13.2 Å². The lowest BCUT2D eigenvalue weighted by Crippen LogP contribution is -2.30. The van der Waals surface area contributed by atoms with Gasteiger partial charge in [-0.15, -0.1) is 0 Å². The molecule has 38 heavy (non-hydrogen) atoms. The first-order chi connectivity index (χ1) is 18.2. The Labute approximate surface area is 216 Å². The van der Waals surface area contributed by atoms with Gasteiger partial charge in [0.05, 0.1) is 17.7 Å². The van der Waals surface area contributed by atoms with Crippen molar-refractivity contribution in [2.75, 3.05) is 22.5 Å². The van der Waals surface area contributed by atoms with Crippen molar-refractivity contribution in [2.45, 2.75) is 19.0 Å². The van der Waals surface area contributed by atoms with Crippen LogP contribution in [0.15, 0.2) is 79.0 Å². The minimum atomic E-state index is -4.59. The monoisotopic (exact) mass is 517 g/mol. The van der Waals surface area contributed by atoms with E-state index in [9.17, 15) is 22.8 Å². The molecule has 0 fully saturated rings. The summed E-state index contributed by atoms with van der Waals surface area (Å²) in [5, 5.41) is 2.73. The van der Waals surface area contributed by atoms with E-state index in [1.807, 2.05) is 0 Å². The number of halogens is 3. The van der Waals surface area contributed by atoms with Crippen LogP contribution in [0.3, 0.4) is 0 Å². The molecule has 5 rings (SSSR count). The molecule has 0 saturated heterocycles. The summed E-state index contributed by atoms with van der Waals surface area (Å²) >= 11 is 0. The van der Waals surface area contributed by atoms with Crippen LogP contribution >= 0.6 is 0 Å². The zero-order valence-corrected chi connectivity index (χ0v) is 20.0. The minimum absolute atomic E-state index is 0.0580. The van der Waals surface area contributed by atoms with E-state index in [0.717, 1.165) is 17.7 Å². The number of fused-ring (bicyclic) bond motifs is 1. The lowest BCUT2D eigenvalue weighted by molar-refractivity contribution is -0.137. The molecule has 0 unspecified atom stereocenters. The van der Waals surface area contributed by atoms with Crippen molar-refractivity contribution in [1.29, 1.82) is 0 Å². The molecule has 0 aliphatic carbocycles. The second-order valence-electron chi connectivity index (χ2n) is 8.80. The van der Waals surface area contributed by atoms with E-state index in [1.165, 1.54) is 12.3 Å². The van der Waals surface area contributed by atoms with Crippen molar-refractivity contribution < 1.29 is 22.8 Å². The molecule has 0 bridgehead atoms. The van der Waals surface area contributed by atoms with Gasteiger partial charge in [-0.1, -0.05) is 36.4 Å². The van der Waals surface area contributed by atoms with E-state index in [1.54, 1.807) is 59.5 Å². The van der Waals surface area contributed by atoms with Crippen molar-refractivity contribution >= 4 is 29.1 Å². The molecular weight excluding hydrogens is 495 g/mol. The Kier molecular flexibility index (Phi) is 6.54. The molecule has 192 valence electrons. The fourth-order valence-electron chi connectivity index (χ4n) is 4.48. The number of nitrogens with zero attached hydrogens (tertiary/aromatic N) is 3. The van der Waals surface area contributed by atoms with E-state index in [-0.39, 0.29) is 23.8 Å². The minimum Gasteiger partial charge on any atom is -0.368 e. The number of rotatable bonds is 5. The predicted molar refractivity (Wildman–Crippen MR) is 137 cm³/mol. The highest BCUT2D eigenvalue weighted by Gasteiger charge is 2.32. The third-order valence-electron chi connectivity index (χ3n) is 6.27. The van der Waals surface area contributed by atoms with E-state index >= 15 is 0 Å².